The van der Waals surface area contributed by atoms with Crippen LogP contribution in [0.4, 0.5) is 0 Å². The van der Waals surface area contributed by atoms with Gasteiger partial charge >= 0.3 is 0 Å². The lowest BCUT2D eigenvalue weighted by atomic mass is 10.0. The van der Waals surface area contributed by atoms with Crippen molar-refractivity contribution >= 4 is 29.9 Å². The summed E-state index contributed by atoms with van der Waals surface area (Å²) in [7, 11) is 1.78. The van der Waals surface area contributed by atoms with Crippen LogP contribution in [0.25, 0.3) is 0 Å². The van der Waals surface area contributed by atoms with E-state index in [-0.39, 0.29) is 24.0 Å². The number of rotatable bonds is 8. The molecule has 5 nitrogen and oxygen atoms in total. The molecule has 1 aromatic heterocycles. The van der Waals surface area contributed by atoms with Crippen LogP contribution in [0.1, 0.15) is 33.6 Å². The van der Waals surface area contributed by atoms with E-state index in [1.807, 2.05) is 12.1 Å². The van der Waals surface area contributed by atoms with Gasteiger partial charge in [-0.3, -0.25) is 9.98 Å². The van der Waals surface area contributed by atoms with Gasteiger partial charge in [-0.1, -0.05) is 13.8 Å². The van der Waals surface area contributed by atoms with Gasteiger partial charge in [0.05, 0.1) is 12.7 Å². The van der Waals surface area contributed by atoms with E-state index in [1.54, 1.807) is 19.4 Å². The molecule has 126 valence electrons. The van der Waals surface area contributed by atoms with Gasteiger partial charge in [0.25, 0.3) is 0 Å². The number of guanidine groups is 1. The van der Waals surface area contributed by atoms with E-state index in [1.165, 1.54) is 6.42 Å². The van der Waals surface area contributed by atoms with E-state index in [0.29, 0.717) is 19.2 Å². The summed E-state index contributed by atoms with van der Waals surface area (Å²) in [6.45, 7) is 7.95. The molecule has 0 spiro atoms. The van der Waals surface area contributed by atoms with Gasteiger partial charge in [0.2, 0.25) is 0 Å². The first-order chi connectivity index (χ1) is 10.1. The van der Waals surface area contributed by atoms with Crippen LogP contribution < -0.4 is 15.4 Å². The average Bonchev–Trinajstić information content (AvgIpc) is 2.49. The number of nitrogens with zero attached hydrogens (tertiary/aromatic N) is 2. The maximum atomic E-state index is 5.58. The van der Waals surface area contributed by atoms with Gasteiger partial charge in [0.1, 0.15) is 12.4 Å². The van der Waals surface area contributed by atoms with E-state index in [0.717, 1.165) is 24.0 Å². The molecule has 6 heteroatoms. The number of aliphatic imine (C=N–C) groups is 1. The van der Waals surface area contributed by atoms with E-state index in [2.05, 4.69) is 41.4 Å². The molecule has 0 aromatic carbocycles. The average molecular weight is 420 g/mol. The number of ether oxygens (including phenoxy) is 1. The second-order valence-corrected chi connectivity index (χ2v) is 5.55. The third-order valence-corrected chi connectivity index (χ3v) is 3.08. The SMILES string of the molecule is CN=C(NCCOc1cccnc1)NC(C)CCC(C)C.I. The summed E-state index contributed by atoms with van der Waals surface area (Å²) in [5, 5.41) is 6.64. The molecule has 1 heterocycles. The zero-order chi connectivity index (χ0) is 15.5. The first-order valence-corrected chi connectivity index (χ1v) is 7.61. The minimum Gasteiger partial charge on any atom is -0.490 e. The summed E-state index contributed by atoms with van der Waals surface area (Å²) < 4.78 is 5.58. The molecule has 0 saturated carbocycles. The lowest BCUT2D eigenvalue weighted by Gasteiger charge is -2.18. The molecule has 0 aliphatic heterocycles. The molecule has 0 aliphatic rings. The van der Waals surface area contributed by atoms with Gasteiger partial charge in [-0.05, 0) is 37.8 Å². The van der Waals surface area contributed by atoms with Gasteiger partial charge in [0.15, 0.2) is 5.96 Å². The van der Waals surface area contributed by atoms with Crippen LogP contribution in [-0.2, 0) is 0 Å². The number of halogens is 1. The van der Waals surface area contributed by atoms with Crippen LogP contribution in [0.2, 0.25) is 0 Å². The van der Waals surface area contributed by atoms with E-state index in [4.69, 9.17) is 4.74 Å². The van der Waals surface area contributed by atoms with Crippen molar-refractivity contribution < 1.29 is 4.74 Å². The predicted octanol–water partition coefficient (Wildman–Crippen LogP) is 3.07. The van der Waals surface area contributed by atoms with Crippen molar-refractivity contribution in [1.82, 2.24) is 15.6 Å². The molecular formula is C16H29IN4O. The highest BCUT2D eigenvalue weighted by Gasteiger charge is 2.06. The normalized spacial score (nSPS) is 12.5. The lowest BCUT2D eigenvalue weighted by molar-refractivity contribution is 0.320. The molecule has 22 heavy (non-hydrogen) atoms. The minimum atomic E-state index is 0. The highest BCUT2D eigenvalue weighted by Crippen LogP contribution is 2.06. The molecule has 1 aromatic rings. The molecule has 0 saturated heterocycles. The van der Waals surface area contributed by atoms with Crippen molar-refractivity contribution in [1.29, 1.82) is 0 Å². The standard InChI is InChI=1S/C16H28N4O.HI/c1-13(2)7-8-14(3)20-16(17-4)19-10-11-21-15-6-5-9-18-12-15;/h5-6,9,12-14H,7-8,10-11H2,1-4H3,(H2,17,19,20);1H. The molecule has 0 amide bonds. The second kappa shape index (κ2) is 12.5. The van der Waals surface area contributed by atoms with Gasteiger partial charge in [-0.2, -0.15) is 0 Å². The number of hydrogen-bond acceptors (Lipinski definition) is 3. The Hall–Kier alpha value is -1.05. The van der Waals surface area contributed by atoms with E-state index < -0.39 is 0 Å². The Morgan fingerprint density at radius 2 is 2.09 bits per heavy atom. The highest BCUT2D eigenvalue weighted by atomic mass is 127. The predicted molar refractivity (Wildman–Crippen MR) is 103 cm³/mol. The van der Waals surface area contributed by atoms with Crippen LogP contribution in [0.3, 0.4) is 0 Å². The highest BCUT2D eigenvalue weighted by molar-refractivity contribution is 14.0. The van der Waals surface area contributed by atoms with Crippen molar-refractivity contribution in [3.63, 3.8) is 0 Å². The van der Waals surface area contributed by atoms with Gasteiger partial charge < -0.3 is 15.4 Å². The molecule has 0 aliphatic carbocycles. The number of aromatic nitrogens is 1. The zero-order valence-electron chi connectivity index (χ0n) is 14.0. The fraction of sp³-hybridized carbons (Fsp3) is 0.625. The zero-order valence-corrected chi connectivity index (χ0v) is 16.3. The summed E-state index contributed by atoms with van der Waals surface area (Å²) in [4.78, 5) is 8.23. The summed E-state index contributed by atoms with van der Waals surface area (Å²) in [5.74, 6) is 2.34. The fourth-order valence-electron chi connectivity index (χ4n) is 1.85. The van der Waals surface area contributed by atoms with E-state index in [9.17, 15) is 0 Å². The Balaban J connectivity index is 0.00000441. The summed E-state index contributed by atoms with van der Waals surface area (Å²) in [5.41, 5.74) is 0. The number of pyridine rings is 1. The van der Waals surface area contributed by atoms with Gasteiger partial charge in [-0.25, -0.2) is 0 Å². The largest absolute Gasteiger partial charge is 0.490 e. The molecule has 0 bridgehead atoms. The van der Waals surface area contributed by atoms with Crippen molar-refractivity contribution in [2.45, 2.75) is 39.7 Å². The molecule has 1 rings (SSSR count). The quantitative estimate of drug-likeness (QED) is 0.294. The van der Waals surface area contributed by atoms with Gasteiger partial charge in [-0.15, -0.1) is 24.0 Å². The Bertz CT molecular complexity index is 412. The van der Waals surface area contributed by atoms with Crippen LogP contribution in [0, 0.1) is 5.92 Å². The topological polar surface area (TPSA) is 58.5 Å². The fourth-order valence-corrected chi connectivity index (χ4v) is 1.85. The maximum absolute atomic E-state index is 5.58. The van der Waals surface area contributed by atoms with Crippen molar-refractivity contribution in [3.8, 4) is 5.75 Å². The Labute approximate surface area is 151 Å². The van der Waals surface area contributed by atoms with Crippen molar-refractivity contribution in [2.24, 2.45) is 10.9 Å². The van der Waals surface area contributed by atoms with Crippen LogP contribution >= 0.6 is 24.0 Å². The van der Waals surface area contributed by atoms with Crippen LogP contribution in [-0.4, -0.2) is 37.2 Å². The smallest absolute Gasteiger partial charge is 0.191 e. The Kier molecular flexibility index (Phi) is 11.9. The minimum absolute atomic E-state index is 0. The molecule has 0 radical (unpaired) electrons. The molecule has 1 unspecified atom stereocenters. The van der Waals surface area contributed by atoms with Gasteiger partial charge in [0, 0.05) is 19.3 Å². The third kappa shape index (κ3) is 9.81. The van der Waals surface area contributed by atoms with Crippen molar-refractivity contribution in [2.75, 3.05) is 20.2 Å². The molecule has 0 fully saturated rings. The number of nitrogens with one attached hydrogen (secondary N) is 2. The Morgan fingerprint density at radius 3 is 2.68 bits per heavy atom. The Morgan fingerprint density at radius 1 is 1.32 bits per heavy atom. The summed E-state index contributed by atoms with van der Waals surface area (Å²) in [6, 6.07) is 4.17. The summed E-state index contributed by atoms with van der Waals surface area (Å²) >= 11 is 0. The van der Waals surface area contributed by atoms with E-state index >= 15 is 0 Å². The van der Waals surface area contributed by atoms with Crippen molar-refractivity contribution in [3.05, 3.63) is 24.5 Å². The molecule has 2 N–H and O–H groups in total. The first-order valence-electron chi connectivity index (χ1n) is 7.61. The van der Waals surface area contributed by atoms with Crippen LogP contribution in [0.5, 0.6) is 5.75 Å². The monoisotopic (exact) mass is 420 g/mol. The van der Waals surface area contributed by atoms with Crippen LogP contribution in [0.15, 0.2) is 29.5 Å². The summed E-state index contributed by atoms with van der Waals surface area (Å²) in [6.07, 6.45) is 5.80. The first kappa shape index (κ1) is 20.9. The molecular weight excluding hydrogens is 391 g/mol. The lowest BCUT2D eigenvalue weighted by Crippen LogP contribution is -2.43. The number of hydrogen-bond donors (Lipinski definition) is 2. The third-order valence-electron chi connectivity index (χ3n) is 3.08. The maximum Gasteiger partial charge on any atom is 0.191 e. The molecule has 1 atom stereocenters. The second-order valence-electron chi connectivity index (χ2n) is 5.55.